The molecule has 0 N–H and O–H groups in total. The van der Waals surface area contributed by atoms with Crippen molar-refractivity contribution in [2.24, 2.45) is 0 Å². The van der Waals surface area contributed by atoms with E-state index in [1.165, 1.54) is 26.4 Å². The Bertz CT molecular complexity index is 731. The summed E-state index contributed by atoms with van der Waals surface area (Å²) >= 11 is 0. The number of hydrogen-bond donors (Lipinski definition) is 0. The predicted octanol–water partition coefficient (Wildman–Crippen LogP) is 0.914. The molecule has 27 heavy (non-hydrogen) atoms. The standard InChI is InChI=1S/2C10H10O3.Zn/c2*1-13-9-5-3-2-4-8(9)6-7-10(11)12;/h2*2-7H,1H3,(H,11,12);/q;;+2/p-2. The molecular formula is C20H18O6Zn. The van der Waals surface area contributed by atoms with Crippen LogP contribution in [0.2, 0.25) is 0 Å². The first-order valence-corrected chi connectivity index (χ1v) is 7.52. The summed E-state index contributed by atoms with van der Waals surface area (Å²) in [7, 11) is 3.07. The zero-order valence-corrected chi connectivity index (χ0v) is 18.1. The third-order valence-corrected chi connectivity index (χ3v) is 3.08. The van der Waals surface area contributed by atoms with E-state index in [0.717, 1.165) is 12.2 Å². The van der Waals surface area contributed by atoms with Crippen LogP contribution in [0.5, 0.6) is 11.5 Å². The van der Waals surface area contributed by atoms with Gasteiger partial charge in [-0.3, -0.25) is 0 Å². The van der Waals surface area contributed by atoms with E-state index in [-0.39, 0.29) is 19.5 Å². The average molecular weight is 420 g/mol. The number of benzene rings is 2. The first kappa shape index (κ1) is 24.1. The fourth-order valence-corrected chi connectivity index (χ4v) is 1.92. The molecule has 6 nitrogen and oxygen atoms in total. The second kappa shape index (κ2) is 13.3. The molecule has 0 bridgehead atoms. The van der Waals surface area contributed by atoms with E-state index in [4.69, 9.17) is 9.47 Å². The zero-order valence-electron chi connectivity index (χ0n) is 15.1. The van der Waals surface area contributed by atoms with E-state index < -0.39 is 11.9 Å². The summed E-state index contributed by atoms with van der Waals surface area (Å²) in [4.78, 5) is 20.3. The molecule has 136 valence electrons. The molecule has 0 heterocycles. The summed E-state index contributed by atoms with van der Waals surface area (Å²) in [5.41, 5.74) is 1.43. The van der Waals surface area contributed by atoms with Crippen LogP contribution in [-0.4, -0.2) is 26.2 Å². The van der Waals surface area contributed by atoms with Gasteiger partial charge in [-0.1, -0.05) is 36.4 Å². The Labute approximate surface area is 170 Å². The Kier molecular flexibility index (Phi) is 11.9. The molecule has 7 heteroatoms. The molecule has 0 aliphatic carbocycles. The van der Waals surface area contributed by atoms with Crippen LogP contribution in [0.1, 0.15) is 11.1 Å². The van der Waals surface area contributed by atoms with E-state index in [9.17, 15) is 19.8 Å². The van der Waals surface area contributed by atoms with Crippen LogP contribution >= 0.6 is 0 Å². The number of aliphatic carboxylic acids is 2. The number of ether oxygens (including phenoxy) is 2. The molecule has 0 spiro atoms. The van der Waals surface area contributed by atoms with Gasteiger partial charge in [0.1, 0.15) is 11.5 Å². The minimum absolute atomic E-state index is 0. The normalized spacial score (nSPS) is 9.85. The third kappa shape index (κ3) is 9.37. The topological polar surface area (TPSA) is 98.7 Å². The van der Waals surface area contributed by atoms with Gasteiger partial charge in [0.15, 0.2) is 0 Å². The Balaban J connectivity index is 0.000000483. The van der Waals surface area contributed by atoms with Gasteiger partial charge >= 0.3 is 19.5 Å². The Hall–Kier alpha value is -2.92. The van der Waals surface area contributed by atoms with Gasteiger partial charge in [-0.05, 0) is 36.4 Å². The second-order valence-electron chi connectivity index (χ2n) is 4.79. The quantitative estimate of drug-likeness (QED) is 0.510. The van der Waals surface area contributed by atoms with E-state index in [1.54, 1.807) is 36.4 Å². The maximum absolute atomic E-state index is 10.1. The van der Waals surface area contributed by atoms with Crippen LogP contribution in [0.15, 0.2) is 60.7 Å². The molecule has 2 aromatic rings. The van der Waals surface area contributed by atoms with Gasteiger partial charge in [0.25, 0.3) is 0 Å². The van der Waals surface area contributed by atoms with E-state index in [0.29, 0.717) is 22.6 Å². The van der Waals surface area contributed by atoms with Crippen molar-refractivity contribution in [2.45, 2.75) is 0 Å². The number of rotatable bonds is 6. The van der Waals surface area contributed by atoms with Crippen LogP contribution in [-0.2, 0) is 29.1 Å². The van der Waals surface area contributed by atoms with Gasteiger partial charge in [0.2, 0.25) is 0 Å². The largest absolute Gasteiger partial charge is 2.00 e. The molecule has 2 rings (SSSR count). The summed E-state index contributed by atoms with van der Waals surface area (Å²) in [6.07, 6.45) is 4.82. The van der Waals surface area contributed by atoms with Crippen molar-refractivity contribution < 1.29 is 48.8 Å². The van der Waals surface area contributed by atoms with Gasteiger partial charge in [0.05, 0.1) is 26.2 Å². The van der Waals surface area contributed by atoms with Crippen molar-refractivity contribution in [1.29, 1.82) is 0 Å². The number of methoxy groups -OCH3 is 2. The maximum atomic E-state index is 10.1. The van der Waals surface area contributed by atoms with Crippen molar-refractivity contribution >= 4 is 24.1 Å². The Morgan fingerprint density at radius 2 is 1.07 bits per heavy atom. The molecular weight excluding hydrogens is 402 g/mol. The predicted molar refractivity (Wildman–Crippen MR) is 94.1 cm³/mol. The molecule has 0 saturated carbocycles. The molecule has 0 atom stereocenters. The van der Waals surface area contributed by atoms with Crippen LogP contribution in [0.4, 0.5) is 0 Å². The molecule has 0 amide bonds. The van der Waals surface area contributed by atoms with Crippen molar-refractivity contribution in [2.75, 3.05) is 14.2 Å². The number of carbonyl (C=O) groups excluding carboxylic acids is 2. The van der Waals surface area contributed by atoms with E-state index in [1.807, 2.05) is 12.1 Å². The van der Waals surface area contributed by atoms with Gasteiger partial charge in [-0.15, -0.1) is 0 Å². The first-order chi connectivity index (χ1) is 12.5. The number of carboxylic acid groups (broad SMARTS) is 2. The van der Waals surface area contributed by atoms with Gasteiger partial charge in [0, 0.05) is 11.1 Å². The van der Waals surface area contributed by atoms with Crippen molar-refractivity contribution in [3.8, 4) is 11.5 Å². The van der Waals surface area contributed by atoms with Crippen LogP contribution < -0.4 is 19.7 Å². The van der Waals surface area contributed by atoms with Crippen molar-refractivity contribution in [1.82, 2.24) is 0 Å². The number of carbonyl (C=O) groups is 2. The van der Waals surface area contributed by atoms with E-state index in [2.05, 4.69) is 0 Å². The summed E-state index contributed by atoms with van der Waals surface area (Å²) in [6, 6.07) is 14.3. The minimum Gasteiger partial charge on any atom is -0.545 e. The molecule has 0 saturated heterocycles. The van der Waals surface area contributed by atoms with Crippen LogP contribution in [0.25, 0.3) is 12.2 Å². The molecule has 0 radical (unpaired) electrons. The molecule has 0 aliphatic heterocycles. The summed E-state index contributed by atoms with van der Waals surface area (Å²) < 4.78 is 10.0. The monoisotopic (exact) mass is 418 g/mol. The third-order valence-electron chi connectivity index (χ3n) is 3.08. The van der Waals surface area contributed by atoms with E-state index >= 15 is 0 Å². The maximum Gasteiger partial charge on any atom is 2.00 e. The zero-order chi connectivity index (χ0) is 19.4. The van der Waals surface area contributed by atoms with Gasteiger partial charge in [-0.25, -0.2) is 0 Å². The Morgan fingerprint density at radius 3 is 1.37 bits per heavy atom. The molecule has 0 unspecified atom stereocenters. The van der Waals surface area contributed by atoms with Crippen LogP contribution in [0, 0.1) is 0 Å². The van der Waals surface area contributed by atoms with Gasteiger partial charge < -0.3 is 29.3 Å². The molecule has 2 aromatic carbocycles. The molecule has 0 fully saturated rings. The van der Waals surface area contributed by atoms with Gasteiger partial charge in [-0.2, -0.15) is 0 Å². The summed E-state index contributed by atoms with van der Waals surface area (Å²) in [5.74, 6) is -1.16. The number of para-hydroxylation sites is 2. The SMILES string of the molecule is COc1ccccc1C=CC(=O)[O-].COc1ccccc1C=CC(=O)[O-].[Zn+2]. The second-order valence-corrected chi connectivity index (χ2v) is 4.79. The molecule has 0 aromatic heterocycles. The van der Waals surface area contributed by atoms with Crippen LogP contribution in [0.3, 0.4) is 0 Å². The first-order valence-electron chi connectivity index (χ1n) is 7.52. The average Bonchev–Trinajstić information content (AvgIpc) is 2.65. The summed E-state index contributed by atoms with van der Waals surface area (Å²) in [5, 5.41) is 20.3. The number of hydrogen-bond acceptors (Lipinski definition) is 6. The fraction of sp³-hybridized carbons (Fsp3) is 0.100. The Morgan fingerprint density at radius 1 is 0.741 bits per heavy atom. The fourth-order valence-electron chi connectivity index (χ4n) is 1.92. The molecule has 0 aliphatic rings. The number of carboxylic acids is 2. The smallest absolute Gasteiger partial charge is 0.545 e. The van der Waals surface area contributed by atoms with Crippen molar-refractivity contribution in [3.63, 3.8) is 0 Å². The summed E-state index contributed by atoms with van der Waals surface area (Å²) in [6.45, 7) is 0. The van der Waals surface area contributed by atoms with Crippen molar-refractivity contribution in [3.05, 3.63) is 71.8 Å². The minimum atomic E-state index is -1.22.